The predicted molar refractivity (Wildman–Crippen MR) is 75.7 cm³/mol. The van der Waals surface area contributed by atoms with Crippen LogP contribution in [0, 0.1) is 0 Å². The van der Waals surface area contributed by atoms with E-state index < -0.39 is 11.9 Å². The van der Waals surface area contributed by atoms with Gasteiger partial charge in [-0.05, 0) is 17.7 Å². The van der Waals surface area contributed by atoms with Gasteiger partial charge in [0.25, 0.3) is 0 Å². The number of aliphatic hydroxyl groups is 1. The number of furan rings is 1. The maximum atomic E-state index is 12.1. The van der Waals surface area contributed by atoms with Crippen LogP contribution in [0.5, 0.6) is 0 Å². The fourth-order valence-electron chi connectivity index (χ4n) is 1.65. The summed E-state index contributed by atoms with van der Waals surface area (Å²) in [5.41, 5.74) is 0.539. The van der Waals surface area contributed by atoms with Crippen molar-refractivity contribution in [3.8, 4) is 0 Å². The van der Waals surface area contributed by atoms with Gasteiger partial charge in [-0.15, -0.1) is 0 Å². The number of nitrogens with zero attached hydrogens (tertiary/aromatic N) is 2. The molecule has 2 rings (SSSR count). The van der Waals surface area contributed by atoms with Crippen LogP contribution in [0.2, 0.25) is 0 Å². The van der Waals surface area contributed by atoms with Gasteiger partial charge in [-0.25, -0.2) is 0 Å². The van der Waals surface area contributed by atoms with E-state index in [2.05, 4.69) is 5.10 Å². The molecule has 1 unspecified atom stereocenters. The third-order valence-electron chi connectivity index (χ3n) is 2.65. The molecule has 104 valence electrons. The number of Topliss-reactive ketones (excluding diaryl/α,β-unsaturated/α-hetero) is 1. The van der Waals surface area contributed by atoms with Crippen molar-refractivity contribution in [2.24, 2.45) is 5.10 Å². The Hall–Kier alpha value is -2.40. The topological polar surface area (TPSA) is 66.0 Å². The first-order valence-corrected chi connectivity index (χ1v) is 6.16. The number of carbonyl (C=O) groups excluding carboxylic acids is 1. The zero-order chi connectivity index (χ0) is 14.5. The number of hydrogen-bond donors (Lipinski definition) is 1. The van der Waals surface area contributed by atoms with Gasteiger partial charge in [-0.1, -0.05) is 30.3 Å². The lowest BCUT2D eigenvalue weighted by atomic mass is 10.0. The fourth-order valence-corrected chi connectivity index (χ4v) is 1.65. The molecule has 5 heteroatoms. The minimum absolute atomic E-state index is 0.113. The van der Waals surface area contributed by atoms with Crippen LogP contribution in [0.4, 0.5) is 0 Å². The Kier molecular flexibility index (Phi) is 4.32. The van der Waals surface area contributed by atoms with Crippen LogP contribution in [0.1, 0.15) is 28.0 Å². The molecule has 1 aromatic carbocycles. The molecule has 2 aromatic rings. The second kappa shape index (κ2) is 6.16. The molecule has 0 fully saturated rings. The van der Waals surface area contributed by atoms with Crippen molar-refractivity contribution >= 4 is 12.0 Å². The lowest BCUT2D eigenvalue weighted by molar-refractivity contribution is 0.0717. The lowest BCUT2D eigenvalue weighted by Gasteiger charge is -2.07. The van der Waals surface area contributed by atoms with Crippen LogP contribution >= 0.6 is 0 Å². The average Bonchev–Trinajstić information content (AvgIpc) is 2.93. The number of benzene rings is 1. The molecular formula is C15H16N2O3. The Morgan fingerprint density at radius 1 is 1.25 bits per heavy atom. The van der Waals surface area contributed by atoms with Crippen LogP contribution < -0.4 is 0 Å². The molecule has 0 spiro atoms. The Bertz CT molecular complexity index is 603. The molecule has 20 heavy (non-hydrogen) atoms. The van der Waals surface area contributed by atoms with E-state index in [0.717, 1.165) is 0 Å². The molecule has 0 bridgehead atoms. The summed E-state index contributed by atoms with van der Waals surface area (Å²) in [4.78, 5) is 12.1. The van der Waals surface area contributed by atoms with Gasteiger partial charge in [0.05, 0.1) is 6.21 Å². The molecule has 5 nitrogen and oxygen atoms in total. The predicted octanol–water partition coefficient (Wildman–Crippen LogP) is 2.09. The first-order chi connectivity index (χ1) is 9.58. The molecule has 0 aliphatic heterocycles. The van der Waals surface area contributed by atoms with E-state index in [1.54, 1.807) is 49.4 Å². The summed E-state index contributed by atoms with van der Waals surface area (Å²) in [6.07, 6.45) is 0.284. The first-order valence-electron chi connectivity index (χ1n) is 6.16. The zero-order valence-corrected chi connectivity index (χ0v) is 11.4. The Balaban J connectivity index is 2.14. The molecular weight excluding hydrogens is 256 g/mol. The van der Waals surface area contributed by atoms with E-state index in [9.17, 15) is 9.90 Å². The summed E-state index contributed by atoms with van der Waals surface area (Å²) in [5, 5.41) is 15.6. The molecule has 0 radical (unpaired) electrons. The van der Waals surface area contributed by atoms with Crippen molar-refractivity contribution in [1.29, 1.82) is 0 Å². The third kappa shape index (κ3) is 3.33. The molecule has 0 aliphatic rings. The molecule has 0 aliphatic carbocycles. The number of rotatable bonds is 5. The van der Waals surface area contributed by atoms with Gasteiger partial charge in [0.2, 0.25) is 5.78 Å². The van der Waals surface area contributed by atoms with Crippen LogP contribution in [0.3, 0.4) is 0 Å². The Labute approximate surface area is 117 Å². The summed E-state index contributed by atoms with van der Waals surface area (Å²) in [5.74, 6) is 0.101. The van der Waals surface area contributed by atoms with Gasteiger partial charge in [0, 0.05) is 14.1 Å². The summed E-state index contributed by atoms with van der Waals surface area (Å²) < 4.78 is 5.35. The van der Waals surface area contributed by atoms with Crippen molar-refractivity contribution in [1.82, 2.24) is 5.01 Å². The molecule has 0 saturated carbocycles. The van der Waals surface area contributed by atoms with Gasteiger partial charge in [-0.3, -0.25) is 4.79 Å². The van der Waals surface area contributed by atoms with Crippen molar-refractivity contribution in [3.63, 3.8) is 0 Å². The van der Waals surface area contributed by atoms with Crippen molar-refractivity contribution in [2.75, 3.05) is 14.1 Å². The van der Waals surface area contributed by atoms with E-state index in [1.165, 1.54) is 12.3 Å². The summed E-state index contributed by atoms with van der Waals surface area (Å²) in [7, 11) is 3.56. The van der Waals surface area contributed by atoms with Crippen molar-refractivity contribution in [2.45, 2.75) is 6.10 Å². The number of hydrogen-bond acceptors (Lipinski definition) is 5. The second-order valence-corrected chi connectivity index (χ2v) is 4.47. The Morgan fingerprint density at radius 3 is 2.60 bits per heavy atom. The summed E-state index contributed by atoms with van der Waals surface area (Å²) in [6.45, 7) is 0. The first kappa shape index (κ1) is 14.0. The number of carbonyl (C=O) groups is 1. The standard InChI is InChI=1S/C15H16N2O3/c1-17(2)16-10-12-8-9-13(20-12)15(19)14(18)11-6-4-3-5-7-11/h3-10,14,18H,1-2H3/b16-10+. The van der Waals surface area contributed by atoms with Crippen LogP contribution in [-0.2, 0) is 0 Å². The summed E-state index contributed by atoms with van der Waals surface area (Å²) in [6, 6.07) is 11.9. The maximum Gasteiger partial charge on any atom is 0.230 e. The second-order valence-electron chi connectivity index (χ2n) is 4.47. The highest BCUT2D eigenvalue weighted by molar-refractivity contribution is 5.98. The fraction of sp³-hybridized carbons (Fsp3) is 0.200. The SMILES string of the molecule is CN(C)/N=C/c1ccc(C(=O)C(O)c2ccccc2)o1. The van der Waals surface area contributed by atoms with Crippen molar-refractivity contribution in [3.05, 3.63) is 59.5 Å². The van der Waals surface area contributed by atoms with E-state index in [0.29, 0.717) is 11.3 Å². The number of aliphatic hydroxyl groups excluding tert-OH is 1. The van der Waals surface area contributed by atoms with Crippen molar-refractivity contribution < 1.29 is 14.3 Å². The van der Waals surface area contributed by atoms with E-state index >= 15 is 0 Å². The highest BCUT2D eigenvalue weighted by atomic mass is 16.4. The highest BCUT2D eigenvalue weighted by Gasteiger charge is 2.21. The molecule has 1 heterocycles. The summed E-state index contributed by atoms with van der Waals surface area (Å²) >= 11 is 0. The van der Waals surface area contributed by atoms with Gasteiger partial charge in [0.1, 0.15) is 11.9 Å². The monoisotopic (exact) mass is 272 g/mol. The molecule has 0 saturated heterocycles. The smallest absolute Gasteiger partial charge is 0.230 e. The average molecular weight is 272 g/mol. The number of hydrazone groups is 1. The van der Waals surface area contributed by atoms with Crippen LogP contribution in [0.15, 0.2) is 52.0 Å². The molecule has 0 amide bonds. The molecule has 1 atom stereocenters. The zero-order valence-electron chi connectivity index (χ0n) is 11.4. The Morgan fingerprint density at radius 2 is 1.95 bits per heavy atom. The van der Waals surface area contributed by atoms with E-state index in [-0.39, 0.29) is 5.76 Å². The largest absolute Gasteiger partial charge is 0.452 e. The third-order valence-corrected chi connectivity index (χ3v) is 2.65. The normalized spacial score (nSPS) is 12.6. The van der Waals surface area contributed by atoms with Crippen LogP contribution in [0.25, 0.3) is 0 Å². The van der Waals surface area contributed by atoms with Gasteiger partial charge in [-0.2, -0.15) is 5.10 Å². The van der Waals surface area contributed by atoms with E-state index in [1.807, 2.05) is 6.07 Å². The van der Waals surface area contributed by atoms with Gasteiger partial charge >= 0.3 is 0 Å². The molecule has 1 aromatic heterocycles. The van der Waals surface area contributed by atoms with E-state index in [4.69, 9.17) is 4.42 Å². The minimum Gasteiger partial charge on any atom is -0.452 e. The number of ketones is 1. The lowest BCUT2D eigenvalue weighted by Crippen LogP contribution is -2.11. The molecule has 1 N–H and O–H groups in total. The maximum absolute atomic E-state index is 12.1. The van der Waals surface area contributed by atoms with Crippen LogP contribution in [-0.4, -0.2) is 36.2 Å². The van der Waals surface area contributed by atoms with Gasteiger partial charge < -0.3 is 14.5 Å². The van der Waals surface area contributed by atoms with Gasteiger partial charge in [0.15, 0.2) is 5.76 Å². The highest BCUT2D eigenvalue weighted by Crippen LogP contribution is 2.19. The quantitative estimate of drug-likeness (QED) is 0.514. The minimum atomic E-state index is -1.22.